The summed E-state index contributed by atoms with van der Waals surface area (Å²) in [6.07, 6.45) is 5.75. The molecular formula is C96H118N20O16. The second kappa shape index (κ2) is 45.6. The van der Waals surface area contributed by atoms with Gasteiger partial charge in [0.2, 0.25) is 70.9 Å². The topological polar surface area (TPSA) is 567 Å². The number of guanidine groups is 1. The van der Waals surface area contributed by atoms with Crippen LogP contribution in [0, 0.1) is 25.2 Å². The number of hydrogen-bond donors (Lipinski definition) is 20. The number of nitrogens with one attached hydrogen (secondary N) is 15. The standard InChI is InChI=1S/C96H118N20O16/c1-9-60-52(5)69-44-70-54(7)62(75(106-70)47-76-63(32-36-86(122)123)55(8)72(107-76)46-74-61(10-2)53(6)71(105-74)45-73(60)104-69)31-34-84(120)100-37-17-16-24-66(87(124)111-77(40-51(3)4)89(126)110-68(25-18-38-101-96(98)99)95(132)116-39-19-26-82(116)94(131)103-49-83(97)119)109-90(127)79(42-57-27-29-59(118)30-28-57)113-93(130)81(50-117)115-92(129)80(43-58-48-102-65-23-15-14-22-64(58)65)114-91(128)78(41-56-20-12-11-13-21-56)112-88(125)67-33-35-85(121)108-67/h9-15,20-23,27-30,44-48,51,66-68,77-82,102,104,107,117-118H,1-2,16-19,24-26,31-43,49-50H2,3-8H3,(H2,97,119)(H,100,120)(H,103,131)(H,108,121)(H,109,127)(H,110,126)(H,111,124)(H,112,125)(H,113,130)(H,114,128)(H,115,129)(H,122,123)(H4,98,99,101)/t66-,67-,68+,77+,78-,79+,80-,81+,82+/m1/s1. The molecule has 4 aliphatic rings. The third-order valence-electron chi connectivity index (χ3n) is 24.1. The lowest BCUT2D eigenvalue weighted by Crippen LogP contribution is -2.61. The van der Waals surface area contributed by atoms with E-state index in [1.54, 1.807) is 86.8 Å². The fraction of sp³-hybridized carbons (Fsp3) is 0.396. The van der Waals surface area contributed by atoms with Crippen LogP contribution < -0.4 is 70.0 Å². The molecule has 2 saturated heterocycles. The predicted octanol–water partition coefficient (Wildman–Crippen LogP) is 5.19. The predicted molar refractivity (Wildman–Crippen MR) is 499 cm³/mol. The molecule has 2 fully saturated rings. The Morgan fingerprint density at radius 3 is 1.83 bits per heavy atom. The van der Waals surface area contributed by atoms with E-state index in [0.717, 1.165) is 55.6 Å². The highest BCUT2D eigenvalue weighted by molar-refractivity contribution is 6.02. The van der Waals surface area contributed by atoms with Crippen molar-refractivity contribution < 1.29 is 77.6 Å². The summed E-state index contributed by atoms with van der Waals surface area (Å²) in [4.78, 5) is 205. The van der Waals surface area contributed by atoms with Crippen LogP contribution in [0.2, 0.25) is 0 Å². The number of carboxylic acids is 1. The van der Waals surface area contributed by atoms with E-state index in [2.05, 4.69) is 86.6 Å². The van der Waals surface area contributed by atoms with Gasteiger partial charge in [0.05, 0.1) is 35.9 Å². The number of aliphatic carboxylic acids is 1. The number of aromatic hydroxyl groups is 1. The maximum atomic E-state index is 15.5. The van der Waals surface area contributed by atoms with Crippen LogP contribution in [0.3, 0.4) is 0 Å². The number of amides is 12. The van der Waals surface area contributed by atoms with Gasteiger partial charge in [-0.3, -0.25) is 67.7 Å². The molecule has 0 unspecified atom stereocenters. The van der Waals surface area contributed by atoms with E-state index < -0.39 is 133 Å². The van der Waals surface area contributed by atoms with Gasteiger partial charge in [-0.05, 0) is 197 Å². The quantitative estimate of drug-likeness (QED) is 0.0133. The average Bonchev–Trinajstić information content (AvgIpc) is 1.62. The Labute approximate surface area is 763 Å². The maximum Gasteiger partial charge on any atom is 0.303 e. The van der Waals surface area contributed by atoms with Crippen LogP contribution in [-0.4, -0.2) is 215 Å². The largest absolute Gasteiger partial charge is 0.508 e. The first-order valence-electron chi connectivity index (χ1n) is 44.4. The Morgan fingerprint density at radius 1 is 0.583 bits per heavy atom. The highest BCUT2D eigenvalue weighted by Crippen LogP contribution is 2.38. The number of hydrogen-bond acceptors (Lipinski definition) is 18. The van der Waals surface area contributed by atoms with Crippen LogP contribution in [0.15, 0.2) is 129 Å². The Balaban J connectivity index is 0.866. The summed E-state index contributed by atoms with van der Waals surface area (Å²) in [7, 11) is 0. The van der Waals surface area contributed by atoms with E-state index in [4.69, 9.17) is 26.8 Å². The molecule has 36 heteroatoms. The fourth-order valence-corrected chi connectivity index (χ4v) is 16.9. The number of unbranched alkanes of at least 4 members (excludes halogenated alkanes) is 1. The van der Waals surface area contributed by atoms with Crippen molar-refractivity contribution in [3.8, 4) is 5.75 Å². The van der Waals surface area contributed by atoms with Crippen molar-refractivity contribution >= 4 is 144 Å². The molecule has 0 radical (unpaired) electrons. The van der Waals surface area contributed by atoms with Crippen LogP contribution in [0.5, 0.6) is 5.75 Å². The smallest absolute Gasteiger partial charge is 0.303 e. The number of para-hydroxylation sites is 1. The molecule has 7 aromatic rings. The number of aromatic nitrogens is 5. The number of nitrogens with zero attached hydrogens (tertiary/aromatic N) is 3. The number of likely N-dealkylation sites (tertiary alicyclic amines) is 1. The minimum Gasteiger partial charge on any atom is -0.508 e. The Morgan fingerprint density at radius 2 is 1.16 bits per heavy atom. The number of aromatic amines is 3. The van der Waals surface area contributed by atoms with Crippen molar-refractivity contribution in [2.45, 2.75) is 205 Å². The summed E-state index contributed by atoms with van der Waals surface area (Å²) in [5.41, 5.74) is 25.1. The summed E-state index contributed by atoms with van der Waals surface area (Å²) in [6, 6.07) is 16.5. The molecule has 8 heterocycles. The number of carboxylic acid groups (broad SMARTS) is 1. The number of fused-ring (bicyclic) bond motifs is 9. The van der Waals surface area contributed by atoms with E-state index in [1.165, 1.54) is 29.2 Å². The van der Waals surface area contributed by atoms with Gasteiger partial charge in [0, 0.05) is 108 Å². The van der Waals surface area contributed by atoms with Crippen LogP contribution >= 0.6 is 0 Å². The third kappa shape index (κ3) is 25.7. The number of allylic oxidation sites excluding steroid dienone is 5. The molecule has 36 nitrogen and oxygen atoms in total. The number of carbonyl (C=O) groups is 13. The lowest BCUT2D eigenvalue weighted by molar-refractivity contribution is -0.142. The molecular weight excluding hydrogens is 1690 g/mol. The van der Waals surface area contributed by atoms with Crippen molar-refractivity contribution in [3.05, 3.63) is 190 Å². The average molecular weight is 1810 g/mol. The highest BCUT2D eigenvalue weighted by Gasteiger charge is 2.41. The number of primary amides is 1. The first-order valence-corrected chi connectivity index (χ1v) is 44.4. The second-order valence-electron chi connectivity index (χ2n) is 34.1. The van der Waals surface area contributed by atoms with Gasteiger partial charge in [-0.2, -0.15) is 0 Å². The van der Waals surface area contributed by atoms with E-state index in [1.807, 2.05) is 52.0 Å². The molecule has 8 bridgehead atoms. The van der Waals surface area contributed by atoms with Gasteiger partial charge in [0.15, 0.2) is 5.96 Å². The lowest BCUT2D eigenvalue weighted by Gasteiger charge is -2.31. The molecule has 0 saturated carbocycles. The molecule has 9 atom stereocenters. The number of phenolic OH excluding ortho intramolecular Hbond substituents is 1. The van der Waals surface area contributed by atoms with Crippen molar-refractivity contribution in [2.75, 3.05) is 32.8 Å². The zero-order valence-electron chi connectivity index (χ0n) is 74.9. The molecule has 698 valence electrons. The van der Waals surface area contributed by atoms with Crippen LogP contribution in [0.1, 0.15) is 173 Å². The van der Waals surface area contributed by atoms with Crippen LogP contribution in [0.4, 0.5) is 0 Å². The molecule has 22 N–H and O–H groups in total. The number of aryl methyl sites for hydroxylation is 3. The van der Waals surface area contributed by atoms with Gasteiger partial charge in [-0.25, -0.2) is 9.97 Å². The number of phenols is 1. The molecule has 12 amide bonds. The number of aliphatic hydroxyl groups is 1. The summed E-state index contributed by atoms with van der Waals surface area (Å²) < 4.78 is 0. The zero-order chi connectivity index (χ0) is 95.1. The summed E-state index contributed by atoms with van der Waals surface area (Å²) in [6.45, 7) is 18.2. The number of H-pyrrole nitrogens is 3. The minimum atomic E-state index is -1.86. The molecule has 3 aromatic carbocycles. The highest BCUT2D eigenvalue weighted by atomic mass is 16.4. The maximum absolute atomic E-state index is 15.5. The van der Waals surface area contributed by atoms with Gasteiger partial charge < -0.3 is 105 Å². The zero-order valence-corrected chi connectivity index (χ0v) is 74.9. The van der Waals surface area contributed by atoms with E-state index >= 15 is 19.2 Å². The molecule has 0 aliphatic carbocycles. The van der Waals surface area contributed by atoms with Gasteiger partial charge in [-0.15, -0.1) is 0 Å². The number of aliphatic hydroxyl groups excluding tert-OH is 1. The van der Waals surface area contributed by atoms with E-state index in [9.17, 15) is 58.5 Å². The summed E-state index contributed by atoms with van der Waals surface area (Å²) in [5, 5.41) is 69.8. The number of carbonyl (C=O) groups excluding carboxylic acids is 12. The Kier molecular flexibility index (Phi) is 33.9. The monoisotopic (exact) mass is 1810 g/mol. The lowest BCUT2D eigenvalue weighted by atomic mass is 10.00. The van der Waals surface area contributed by atoms with Crippen molar-refractivity contribution in [1.29, 1.82) is 5.41 Å². The summed E-state index contributed by atoms with van der Waals surface area (Å²) >= 11 is 0. The van der Waals surface area contributed by atoms with E-state index in [-0.39, 0.29) is 152 Å². The second-order valence-corrected chi connectivity index (χ2v) is 34.1. The Hall–Kier alpha value is -14.6. The molecule has 4 aliphatic heterocycles. The number of nitrogens with two attached hydrogens (primary N) is 2. The molecule has 0 spiro atoms. The normalized spacial score (nSPS) is 15.7. The van der Waals surface area contributed by atoms with Crippen molar-refractivity contribution in [3.63, 3.8) is 0 Å². The Bertz CT molecular complexity index is 5810. The first-order chi connectivity index (χ1) is 63.2. The first kappa shape index (κ1) is 98.0. The van der Waals surface area contributed by atoms with Gasteiger partial charge in [0.25, 0.3) is 0 Å². The SMILES string of the molecule is C=CC1=C(C)c2cc3[nH]c(cc4nc(cc5[nH]c(cc1n2)c(C)c5CCC(=O)O)C(CCC(=O)NCCCC[C@@H](NC(=O)[C@H](Cc1ccc(O)cc1)NC(=O)[C@H](CO)NC(=O)[C@@H](Cc1c[nH]c2ccccc12)NC(=O)[C@@H](Cc1ccccc1)NC(=O)[C@H]1CCC(=O)N1)C(=O)N[C@@H](CC(C)C)C(=O)N[C@@H](CCCNC(=N)N)C(=O)N1CCC[C@H]1C(=O)NCC(N)=O)=C4C)c(C)c3C=C. The fourth-order valence-electron chi connectivity index (χ4n) is 16.9. The van der Waals surface area contributed by atoms with Gasteiger partial charge >= 0.3 is 5.97 Å². The van der Waals surface area contributed by atoms with Gasteiger partial charge in [-0.1, -0.05) is 99.8 Å². The number of benzene rings is 3. The molecule has 132 heavy (non-hydrogen) atoms. The van der Waals surface area contributed by atoms with Crippen molar-refractivity contribution in [1.82, 2.24) is 88.3 Å². The van der Waals surface area contributed by atoms with E-state index in [0.29, 0.717) is 67.8 Å². The van der Waals surface area contributed by atoms with Crippen LogP contribution in [-0.2, 0) is 88.0 Å². The van der Waals surface area contributed by atoms with Crippen LogP contribution in [0.25, 0.3) is 61.3 Å². The molecule has 4 aromatic heterocycles. The van der Waals surface area contributed by atoms with Crippen molar-refractivity contribution in [2.24, 2.45) is 17.4 Å². The molecule has 11 rings (SSSR count). The summed E-state index contributed by atoms with van der Waals surface area (Å²) in [5.74, 6) is -11.0. The van der Waals surface area contributed by atoms with Gasteiger partial charge in [0.1, 0.15) is 60.1 Å². The minimum absolute atomic E-state index is 0.0398. The number of rotatable bonds is 44. The third-order valence-corrected chi connectivity index (χ3v) is 24.1.